The fraction of sp³-hybridized carbons (Fsp3) is 1.00. The van der Waals surface area contributed by atoms with Crippen LogP contribution >= 0.6 is 0 Å². The topological polar surface area (TPSA) is 32.3 Å². The smallest absolute Gasteiger partial charge is 0.0750 e. The number of nitrogens with one attached hydrogen (secondary N) is 1. The van der Waals surface area contributed by atoms with E-state index in [2.05, 4.69) is 19.2 Å². The van der Waals surface area contributed by atoms with Crippen LogP contribution in [0.25, 0.3) is 0 Å². The summed E-state index contributed by atoms with van der Waals surface area (Å²) in [4.78, 5) is 0. The van der Waals surface area contributed by atoms with Crippen molar-refractivity contribution >= 4 is 0 Å². The molecular formula is C10H19NO. The second-order valence-corrected chi connectivity index (χ2v) is 4.62. The van der Waals surface area contributed by atoms with E-state index < -0.39 is 0 Å². The minimum absolute atomic E-state index is 0.356. The van der Waals surface area contributed by atoms with Crippen molar-refractivity contribution in [2.24, 2.45) is 17.8 Å². The van der Waals surface area contributed by atoms with Crippen LogP contribution in [-0.4, -0.2) is 23.8 Å². The number of aliphatic hydroxyl groups is 1. The van der Waals surface area contributed by atoms with Crippen molar-refractivity contribution < 1.29 is 5.11 Å². The van der Waals surface area contributed by atoms with Gasteiger partial charge in [0.2, 0.25) is 0 Å². The predicted octanol–water partition coefficient (Wildman–Crippen LogP) is 1.00. The first-order chi connectivity index (χ1) is 5.65. The van der Waals surface area contributed by atoms with E-state index in [1.165, 1.54) is 12.8 Å². The quantitative estimate of drug-likeness (QED) is 0.614. The average Bonchev–Trinajstić information content (AvgIpc) is 2.82. The van der Waals surface area contributed by atoms with Crippen LogP contribution in [0.5, 0.6) is 0 Å². The van der Waals surface area contributed by atoms with E-state index >= 15 is 0 Å². The number of rotatable bonds is 1. The second-order valence-electron chi connectivity index (χ2n) is 4.62. The van der Waals surface area contributed by atoms with Gasteiger partial charge in [0.25, 0.3) is 0 Å². The Morgan fingerprint density at radius 3 is 2.08 bits per heavy atom. The summed E-state index contributed by atoms with van der Waals surface area (Å²) in [6, 6.07) is 0. The van der Waals surface area contributed by atoms with Crippen molar-refractivity contribution in [1.29, 1.82) is 0 Å². The molecule has 0 aromatic heterocycles. The summed E-state index contributed by atoms with van der Waals surface area (Å²) in [5, 5.41) is 13.9. The van der Waals surface area contributed by atoms with E-state index in [9.17, 15) is 5.11 Å². The fourth-order valence-electron chi connectivity index (χ4n) is 2.68. The van der Waals surface area contributed by atoms with Crippen LogP contribution in [0.3, 0.4) is 0 Å². The first-order valence-corrected chi connectivity index (χ1v) is 5.08. The summed E-state index contributed by atoms with van der Waals surface area (Å²) >= 11 is 0. The van der Waals surface area contributed by atoms with E-state index in [1.54, 1.807) is 0 Å². The molecular weight excluding hydrogens is 150 g/mol. The monoisotopic (exact) mass is 169 g/mol. The Kier molecular flexibility index (Phi) is 1.92. The van der Waals surface area contributed by atoms with Gasteiger partial charge in [0.05, 0.1) is 5.60 Å². The highest BCUT2D eigenvalue weighted by molar-refractivity contribution is 5.03. The zero-order valence-corrected chi connectivity index (χ0v) is 8.01. The first kappa shape index (κ1) is 8.52. The van der Waals surface area contributed by atoms with Crippen molar-refractivity contribution in [2.75, 3.05) is 13.1 Å². The summed E-state index contributed by atoms with van der Waals surface area (Å²) in [5.41, 5.74) is -0.356. The highest BCUT2D eigenvalue weighted by atomic mass is 16.3. The highest BCUT2D eigenvalue weighted by Gasteiger charge is 2.51. The van der Waals surface area contributed by atoms with E-state index in [4.69, 9.17) is 0 Å². The van der Waals surface area contributed by atoms with E-state index in [0.29, 0.717) is 17.8 Å². The van der Waals surface area contributed by atoms with Gasteiger partial charge in [-0.25, -0.2) is 0 Å². The molecule has 2 aliphatic rings. The van der Waals surface area contributed by atoms with Crippen molar-refractivity contribution in [3.63, 3.8) is 0 Å². The summed E-state index contributed by atoms with van der Waals surface area (Å²) in [6.45, 7) is 6.30. The molecule has 1 aliphatic carbocycles. The summed E-state index contributed by atoms with van der Waals surface area (Å²) in [7, 11) is 0. The van der Waals surface area contributed by atoms with Crippen LogP contribution in [0.2, 0.25) is 0 Å². The van der Waals surface area contributed by atoms with Gasteiger partial charge < -0.3 is 10.4 Å². The Hall–Kier alpha value is -0.0800. The molecule has 2 N–H and O–H groups in total. The zero-order valence-electron chi connectivity index (χ0n) is 8.01. The zero-order chi connectivity index (χ0) is 8.77. The molecule has 0 aromatic carbocycles. The second kappa shape index (κ2) is 2.71. The number of hydrogen-bond acceptors (Lipinski definition) is 2. The molecule has 0 bridgehead atoms. The Balaban J connectivity index is 2.15. The fourth-order valence-corrected chi connectivity index (χ4v) is 2.68. The Morgan fingerprint density at radius 2 is 1.67 bits per heavy atom. The van der Waals surface area contributed by atoms with Crippen LogP contribution in [0.15, 0.2) is 0 Å². The maximum atomic E-state index is 10.5. The molecule has 70 valence electrons. The molecule has 0 radical (unpaired) electrons. The third-order valence-electron chi connectivity index (χ3n) is 3.71. The molecule has 3 atom stereocenters. The van der Waals surface area contributed by atoms with Crippen LogP contribution in [0.4, 0.5) is 0 Å². The molecule has 2 nitrogen and oxygen atoms in total. The lowest BCUT2D eigenvalue weighted by Crippen LogP contribution is -2.56. The largest absolute Gasteiger partial charge is 0.389 e. The van der Waals surface area contributed by atoms with Gasteiger partial charge >= 0.3 is 0 Å². The van der Waals surface area contributed by atoms with Gasteiger partial charge in [-0.1, -0.05) is 13.8 Å². The van der Waals surface area contributed by atoms with Gasteiger partial charge in [-0.05, 0) is 30.6 Å². The standard InChI is InChI=1S/C10H19NO/c1-7-5-11-6-8(2)10(7,12)9-3-4-9/h7-9,11-12H,3-6H2,1-2H3/t7-,8+,10-. The SMILES string of the molecule is C[C@@H]1CNC[C@H](C)[C@@]1(O)C1CC1. The molecule has 1 heterocycles. The lowest BCUT2D eigenvalue weighted by Gasteiger charge is -2.44. The van der Waals surface area contributed by atoms with Crippen LogP contribution < -0.4 is 5.32 Å². The van der Waals surface area contributed by atoms with Crippen molar-refractivity contribution in [3.05, 3.63) is 0 Å². The Labute approximate surface area is 74.4 Å². The van der Waals surface area contributed by atoms with Gasteiger partial charge in [0, 0.05) is 13.1 Å². The first-order valence-electron chi connectivity index (χ1n) is 5.08. The molecule has 1 aliphatic heterocycles. The van der Waals surface area contributed by atoms with Gasteiger partial charge in [0.1, 0.15) is 0 Å². The Morgan fingerprint density at radius 1 is 1.17 bits per heavy atom. The molecule has 2 fully saturated rings. The number of piperidine rings is 1. The van der Waals surface area contributed by atoms with E-state index in [-0.39, 0.29) is 5.60 Å². The average molecular weight is 169 g/mol. The minimum atomic E-state index is -0.356. The molecule has 12 heavy (non-hydrogen) atoms. The lowest BCUT2D eigenvalue weighted by atomic mass is 9.72. The molecule has 1 saturated carbocycles. The van der Waals surface area contributed by atoms with Gasteiger partial charge in [-0.2, -0.15) is 0 Å². The highest BCUT2D eigenvalue weighted by Crippen LogP contribution is 2.48. The molecule has 1 saturated heterocycles. The van der Waals surface area contributed by atoms with Gasteiger partial charge in [0.15, 0.2) is 0 Å². The van der Waals surface area contributed by atoms with Gasteiger partial charge in [-0.3, -0.25) is 0 Å². The minimum Gasteiger partial charge on any atom is -0.389 e. The molecule has 0 aromatic rings. The van der Waals surface area contributed by atoms with Crippen molar-refractivity contribution in [1.82, 2.24) is 5.32 Å². The van der Waals surface area contributed by atoms with E-state index in [1.807, 2.05) is 0 Å². The maximum absolute atomic E-state index is 10.5. The summed E-state index contributed by atoms with van der Waals surface area (Å²) in [5.74, 6) is 1.45. The molecule has 2 rings (SSSR count). The van der Waals surface area contributed by atoms with Crippen molar-refractivity contribution in [2.45, 2.75) is 32.3 Å². The van der Waals surface area contributed by atoms with Crippen LogP contribution in [0.1, 0.15) is 26.7 Å². The number of hydrogen-bond donors (Lipinski definition) is 2. The third-order valence-corrected chi connectivity index (χ3v) is 3.71. The maximum Gasteiger partial charge on any atom is 0.0750 e. The predicted molar refractivity (Wildman–Crippen MR) is 48.9 cm³/mol. The molecule has 0 amide bonds. The van der Waals surface area contributed by atoms with Crippen molar-refractivity contribution in [3.8, 4) is 0 Å². The van der Waals surface area contributed by atoms with Crippen LogP contribution in [-0.2, 0) is 0 Å². The van der Waals surface area contributed by atoms with E-state index in [0.717, 1.165) is 13.1 Å². The molecule has 0 unspecified atom stereocenters. The van der Waals surface area contributed by atoms with Gasteiger partial charge in [-0.15, -0.1) is 0 Å². The lowest BCUT2D eigenvalue weighted by molar-refractivity contribution is -0.0918. The molecule has 0 spiro atoms. The third kappa shape index (κ3) is 1.09. The summed E-state index contributed by atoms with van der Waals surface area (Å²) in [6.07, 6.45) is 2.48. The summed E-state index contributed by atoms with van der Waals surface area (Å²) < 4.78 is 0. The normalized spacial score (nSPS) is 49.2. The Bertz CT molecular complexity index is 167. The molecule has 2 heteroatoms. The van der Waals surface area contributed by atoms with Crippen LogP contribution in [0, 0.1) is 17.8 Å².